The molecule has 5 rings (SSSR count). The zero-order chi connectivity index (χ0) is 53.7. The van der Waals surface area contributed by atoms with Gasteiger partial charge in [-0.05, 0) is 49.9 Å². The number of ether oxygens (including phenoxy) is 4. The van der Waals surface area contributed by atoms with Crippen LogP contribution in [-0.4, -0.2) is 38.0 Å². The van der Waals surface area contributed by atoms with Gasteiger partial charge in [0.25, 0.3) is 0 Å². The summed E-state index contributed by atoms with van der Waals surface area (Å²) in [5, 5.41) is 0.939. The molecule has 8 nitrogen and oxygen atoms in total. The summed E-state index contributed by atoms with van der Waals surface area (Å²) in [5.41, 5.74) is 2.89. The summed E-state index contributed by atoms with van der Waals surface area (Å²) in [5.74, 6) is 2.12. The number of nitrogens with zero attached hydrogens (tertiary/aromatic N) is 2. The number of ketones is 2. The van der Waals surface area contributed by atoms with E-state index < -0.39 is 0 Å². The summed E-state index contributed by atoms with van der Waals surface area (Å²) in [7, 11) is 0. The maximum Gasteiger partial charge on any atom is 0.197 e. The van der Waals surface area contributed by atoms with Crippen LogP contribution >= 0.6 is 0 Å². The summed E-state index contributed by atoms with van der Waals surface area (Å²) in [6.07, 6.45) is 50.2. The van der Waals surface area contributed by atoms with Gasteiger partial charge in [-0.15, -0.1) is 0 Å². The van der Waals surface area contributed by atoms with Crippen LogP contribution in [-0.2, 0) is 0 Å². The Labute approximate surface area is 462 Å². The van der Waals surface area contributed by atoms with Gasteiger partial charge in [-0.3, -0.25) is 9.59 Å². The molecule has 0 saturated heterocycles. The lowest BCUT2D eigenvalue weighted by Gasteiger charge is -2.20. The second kappa shape index (κ2) is 39.2. The number of hydrogen-bond acceptors (Lipinski definition) is 8. The normalized spacial score (nSPS) is 12.4. The fourth-order valence-corrected chi connectivity index (χ4v) is 10.9. The van der Waals surface area contributed by atoms with Gasteiger partial charge in [0, 0.05) is 12.1 Å². The molecule has 8 heteroatoms. The largest absolute Gasteiger partial charge is 0.490 e. The molecule has 2 aliphatic rings. The minimum absolute atomic E-state index is 0.155. The maximum absolute atomic E-state index is 14.5. The van der Waals surface area contributed by atoms with E-state index in [1.54, 1.807) is 12.1 Å². The van der Waals surface area contributed by atoms with Crippen molar-refractivity contribution in [3.8, 4) is 23.0 Å². The molecule has 0 radical (unpaired) electrons. The highest BCUT2D eigenvalue weighted by Gasteiger charge is 2.29. The summed E-state index contributed by atoms with van der Waals surface area (Å²) in [4.78, 5) is 39.1. The van der Waals surface area contributed by atoms with Gasteiger partial charge in [-0.1, -0.05) is 259 Å². The van der Waals surface area contributed by atoms with Gasteiger partial charge in [0.1, 0.15) is 0 Å². The van der Waals surface area contributed by atoms with Crippen molar-refractivity contribution >= 4 is 22.9 Å². The summed E-state index contributed by atoms with van der Waals surface area (Å²) in [6, 6.07) is 10.9. The maximum atomic E-state index is 14.5. The molecule has 0 amide bonds. The average Bonchev–Trinajstić information content (AvgIpc) is 3.43. The van der Waals surface area contributed by atoms with Gasteiger partial charge in [0.2, 0.25) is 0 Å². The minimum Gasteiger partial charge on any atom is -0.490 e. The lowest BCUT2D eigenvalue weighted by Crippen LogP contribution is -2.30. The van der Waals surface area contributed by atoms with Crippen LogP contribution in [0.5, 0.6) is 23.0 Å². The molecule has 0 aliphatic carbocycles. The molecule has 0 bridgehead atoms. The Balaban J connectivity index is 1.28. The van der Waals surface area contributed by atoms with Crippen molar-refractivity contribution in [3.63, 3.8) is 0 Å². The van der Waals surface area contributed by atoms with Gasteiger partial charge in [-0.2, -0.15) is 0 Å². The lowest BCUT2D eigenvalue weighted by atomic mass is 9.92. The Morgan fingerprint density at radius 3 is 0.711 bits per heavy atom. The van der Waals surface area contributed by atoms with Gasteiger partial charge < -0.3 is 18.9 Å². The predicted molar refractivity (Wildman–Crippen MR) is 317 cm³/mol. The molecule has 76 heavy (non-hydrogen) atoms. The smallest absolute Gasteiger partial charge is 0.197 e. The standard InChI is InChI=1S/C68H106N2O6/c1-5-9-13-17-21-25-29-33-37-41-45-73-63-51-57-61(53-65(63)75-47-43-39-35-31-27-23-19-15-11-7-3)69-59-50-56-60(49-55(59)67(57)71)70-62-54-66(76-48-44-40-36-32-28-24-20-16-12-8-4)64(52-58(62)68(56)72)74-46-42-38-34-30-26-22-18-14-10-6-2/h49-54H,5-48H2,1-4H3. The first kappa shape index (κ1) is 62.6. The molecule has 0 unspecified atom stereocenters. The number of unbranched alkanes of at least 4 members (excludes halogenated alkanes) is 36. The van der Waals surface area contributed by atoms with Crippen LogP contribution in [0.15, 0.2) is 46.4 Å². The van der Waals surface area contributed by atoms with Crippen LogP contribution in [0.4, 0.5) is 11.4 Å². The second-order valence-corrected chi connectivity index (χ2v) is 22.5. The number of benzene rings is 3. The molecule has 3 aromatic rings. The number of fused-ring (bicyclic) bond motifs is 4. The van der Waals surface area contributed by atoms with Crippen molar-refractivity contribution in [3.05, 3.63) is 69.4 Å². The van der Waals surface area contributed by atoms with E-state index in [2.05, 4.69) is 27.7 Å². The van der Waals surface area contributed by atoms with Crippen molar-refractivity contribution in [2.24, 2.45) is 9.98 Å². The quantitative estimate of drug-likeness (QED) is 0.0360. The number of hydrogen-bond donors (Lipinski definition) is 0. The van der Waals surface area contributed by atoms with Crippen LogP contribution in [0.1, 0.15) is 316 Å². The first-order valence-corrected chi connectivity index (χ1v) is 32.1. The summed E-state index contributed by atoms with van der Waals surface area (Å²) < 4.78 is 25.8. The number of carbonyl (C=O) groups is 2. The Morgan fingerprint density at radius 2 is 0.474 bits per heavy atom. The molecule has 0 N–H and O–H groups in total. The monoisotopic (exact) mass is 1050 g/mol. The van der Waals surface area contributed by atoms with Gasteiger partial charge in [-0.25, -0.2) is 9.98 Å². The Kier molecular flexibility index (Phi) is 32.3. The van der Waals surface area contributed by atoms with E-state index in [9.17, 15) is 9.59 Å². The van der Waals surface area contributed by atoms with Crippen molar-refractivity contribution in [2.45, 2.75) is 285 Å². The third kappa shape index (κ3) is 23.0. The molecule has 0 atom stereocenters. The van der Waals surface area contributed by atoms with E-state index in [0.717, 1.165) is 51.4 Å². The third-order valence-corrected chi connectivity index (χ3v) is 15.7. The molecule has 424 valence electrons. The van der Waals surface area contributed by atoms with Crippen molar-refractivity contribution < 1.29 is 28.5 Å². The summed E-state index contributed by atoms with van der Waals surface area (Å²) >= 11 is 0. The fraction of sp³-hybridized carbons (Fsp3) is 0.706. The van der Waals surface area contributed by atoms with E-state index >= 15 is 0 Å². The Morgan fingerprint density at radius 1 is 0.263 bits per heavy atom. The molecule has 2 aliphatic heterocycles. The first-order valence-electron chi connectivity index (χ1n) is 32.1. The van der Waals surface area contributed by atoms with E-state index in [1.807, 2.05) is 24.3 Å². The Bertz CT molecular complexity index is 2060. The second-order valence-electron chi connectivity index (χ2n) is 22.5. The van der Waals surface area contributed by atoms with E-state index in [0.29, 0.717) is 93.8 Å². The van der Waals surface area contributed by atoms with Crippen LogP contribution in [0.3, 0.4) is 0 Å². The fourth-order valence-electron chi connectivity index (χ4n) is 10.9. The van der Waals surface area contributed by atoms with E-state index in [4.69, 9.17) is 28.9 Å². The summed E-state index contributed by atoms with van der Waals surface area (Å²) in [6.45, 7) is 11.4. The lowest BCUT2D eigenvalue weighted by molar-refractivity contribution is 0.102. The zero-order valence-corrected chi connectivity index (χ0v) is 48.9. The Hall–Kier alpha value is -4.20. The average molecular weight is 1050 g/mol. The number of carbonyl (C=O) groups excluding carboxylic acids is 2. The molecular formula is C68H106N2O6. The predicted octanol–water partition coefficient (Wildman–Crippen LogP) is 19.9. The van der Waals surface area contributed by atoms with E-state index in [-0.39, 0.29) is 11.6 Å². The van der Waals surface area contributed by atoms with Crippen molar-refractivity contribution in [1.82, 2.24) is 0 Å². The van der Waals surface area contributed by atoms with Crippen LogP contribution in [0, 0.1) is 0 Å². The van der Waals surface area contributed by atoms with E-state index in [1.165, 1.54) is 205 Å². The zero-order valence-electron chi connectivity index (χ0n) is 48.9. The van der Waals surface area contributed by atoms with Crippen LogP contribution in [0.2, 0.25) is 0 Å². The third-order valence-electron chi connectivity index (χ3n) is 15.7. The highest BCUT2D eigenvalue weighted by molar-refractivity contribution is 6.16. The highest BCUT2D eigenvalue weighted by Crippen LogP contribution is 2.40. The minimum atomic E-state index is -0.155. The first-order chi connectivity index (χ1) is 37.5. The molecule has 2 heterocycles. The number of rotatable bonds is 48. The van der Waals surface area contributed by atoms with Crippen molar-refractivity contribution in [1.29, 1.82) is 0 Å². The SMILES string of the molecule is CCCCCCCCCCCCOc1cc2c(cc1OCCCCCCCCCCCC)C(=O)c1cc3c(cc1=N2)C(=O)c1cc(OCCCCCCCCCCCC)c(OCCCCCCCCCCCC)cc1N=3. The molecule has 3 aromatic carbocycles. The van der Waals surface area contributed by atoms with Gasteiger partial charge in [0.05, 0.1) is 70.8 Å². The van der Waals surface area contributed by atoms with Crippen LogP contribution < -0.4 is 29.7 Å². The molecule has 0 saturated carbocycles. The molecule has 0 aromatic heterocycles. The highest BCUT2D eigenvalue weighted by atomic mass is 16.5. The molecular weight excluding hydrogens is 941 g/mol. The van der Waals surface area contributed by atoms with Gasteiger partial charge in [0.15, 0.2) is 34.6 Å². The van der Waals surface area contributed by atoms with Crippen LogP contribution in [0.25, 0.3) is 0 Å². The molecule has 0 spiro atoms. The van der Waals surface area contributed by atoms with Gasteiger partial charge >= 0.3 is 0 Å². The topological polar surface area (TPSA) is 95.8 Å². The van der Waals surface area contributed by atoms with Crippen molar-refractivity contribution in [2.75, 3.05) is 26.4 Å². The molecule has 0 fully saturated rings.